The molecule has 0 fully saturated rings. The average molecular weight is 245 g/mol. The summed E-state index contributed by atoms with van der Waals surface area (Å²) in [6.07, 6.45) is 0. The third kappa shape index (κ3) is 3.16. The smallest absolute Gasteiger partial charge is 0.229 e. The third-order valence-corrected chi connectivity index (χ3v) is 2.25. The van der Waals surface area contributed by atoms with E-state index in [1.54, 1.807) is 13.2 Å². The maximum Gasteiger partial charge on any atom is 0.229 e. The molecule has 0 atom stereocenters. The molecule has 4 N–H and O–H groups in total. The number of aromatic nitrogens is 2. The van der Waals surface area contributed by atoms with Gasteiger partial charge in [0.05, 0.1) is 12.3 Å². The van der Waals surface area contributed by atoms with E-state index in [-0.39, 0.29) is 0 Å². The maximum absolute atomic E-state index is 5.37. The van der Waals surface area contributed by atoms with E-state index < -0.39 is 0 Å². The number of methoxy groups -OCH3 is 1. The number of hydrogen-bond donors (Lipinski definition) is 3. The molecule has 6 nitrogen and oxygen atoms in total. The summed E-state index contributed by atoms with van der Waals surface area (Å²) in [4.78, 5) is 8.54. The van der Waals surface area contributed by atoms with Crippen LogP contribution in [-0.2, 0) is 11.3 Å². The Kier molecular flexibility index (Phi) is 4.06. The predicted molar refractivity (Wildman–Crippen MR) is 70.3 cm³/mol. The molecule has 0 unspecified atom stereocenters. The van der Waals surface area contributed by atoms with Crippen LogP contribution < -0.4 is 16.6 Å². The van der Waals surface area contributed by atoms with Crippen LogP contribution in [0.1, 0.15) is 5.69 Å². The van der Waals surface area contributed by atoms with Gasteiger partial charge in [-0.3, -0.25) is 0 Å². The van der Waals surface area contributed by atoms with E-state index in [9.17, 15) is 0 Å². The zero-order valence-corrected chi connectivity index (χ0v) is 10.1. The van der Waals surface area contributed by atoms with Gasteiger partial charge in [-0.1, -0.05) is 18.2 Å². The molecule has 18 heavy (non-hydrogen) atoms. The predicted octanol–water partition coefficient (Wildman–Crippen LogP) is 1.65. The molecule has 6 heteroatoms. The van der Waals surface area contributed by atoms with E-state index in [4.69, 9.17) is 10.6 Å². The van der Waals surface area contributed by atoms with Gasteiger partial charge in [0.1, 0.15) is 5.82 Å². The number of nitrogens with zero attached hydrogens (tertiary/aromatic N) is 2. The van der Waals surface area contributed by atoms with E-state index in [1.807, 2.05) is 30.3 Å². The summed E-state index contributed by atoms with van der Waals surface area (Å²) in [5.41, 5.74) is 4.17. The van der Waals surface area contributed by atoms with Crippen LogP contribution in [0.3, 0.4) is 0 Å². The SMILES string of the molecule is COCc1cc(NN)nc(Nc2ccccc2)n1. The number of benzene rings is 1. The van der Waals surface area contributed by atoms with Crippen LogP contribution >= 0.6 is 0 Å². The largest absolute Gasteiger partial charge is 0.378 e. The van der Waals surface area contributed by atoms with Crippen LogP contribution in [0.2, 0.25) is 0 Å². The van der Waals surface area contributed by atoms with E-state index >= 15 is 0 Å². The van der Waals surface area contributed by atoms with Crippen LogP contribution in [0.15, 0.2) is 36.4 Å². The van der Waals surface area contributed by atoms with E-state index in [0.717, 1.165) is 11.4 Å². The first-order valence-electron chi connectivity index (χ1n) is 5.47. The monoisotopic (exact) mass is 245 g/mol. The fourth-order valence-electron chi connectivity index (χ4n) is 1.50. The number of hydrazine groups is 1. The fourth-order valence-corrected chi connectivity index (χ4v) is 1.50. The van der Waals surface area contributed by atoms with E-state index in [0.29, 0.717) is 18.4 Å². The molecule has 1 heterocycles. The van der Waals surface area contributed by atoms with Crippen molar-refractivity contribution < 1.29 is 4.74 Å². The molecule has 1 aromatic heterocycles. The van der Waals surface area contributed by atoms with Crippen molar-refractivity contribution in [1.82, 2.24) is 9.97 Å². The van der Waals surface area contributed by atoms with Gasteiger partial charge in [0.25, 0.3) is 0 Å². The molecule has 2 rings (SSSR count). The minimum Gasteiger partial charge on any atom is -0.378 e. The number of hydrogen-bond acceptors (Lipinski definition) is 6. The molecule has 0 saturated carbocycles. The number of nitrogens with one attached hydrogen (secondary N) is 2. The Morgan fingerprint density at radius 3 is 2.67 bits per heavy atom. The zero-order valence-electron chi connectivity index (χ0n) is 10.1. The lowest BCUT2D eigenvalue weighted by Crippen LogP contribution is -2.11. The van der Waals surface area contributed by atoms with Gasteiger partial charge in [-0.15, -0.1) is 0 Å². The van der Waals surface area contributed by atoms with Crippen LogP contribution in [-0.4, -0.2) is 17.1 Å². The van der Waals surface area contributed by atoms with E-state index in [2.05, 4.69) is 20.7 Å². The van der Waals surface area contributed by atoms with Gasteiger partial charge in [-0.2, -0.15) is 4.98 Å². The molecule has 94 valence electrons. The summed E-state index contributed by atoms with van der Waals surface area (Å²) < 4.78 is 5.05. The molecule has 0 radical (unpaired) electrons. The van der Waals surface area contributed by atoms with Crippen molar-refractivity contribution in [3.8, 4) is 0 Å². The molecule has 0 saturated heterocycles. The van der Waals surface area contributed by atoms with Gasteiger partial charge in [0.15, 0.2) is 0 Å². The molecule has 0 spiro atoms. The van der Waals surface area contributed by atoms with Crippen LogP contribution in [0.5, 0.6) is 0 Å². The van der Waals surface area contributed by atoms with Crippen molar-refractivity contribution >= 4 is 17.5 Å². The second-order valence-corrected chi connectivity index (χ2v) is 3.64. The number of nitrogen functional groups attached to an aromatic ring is 1. The highest BCUT2D eigenvalue weighted by atomic mass is 16.5. The van der Waals surface area contributed by atoms with Crippen molar-refractivity contribution in [3.05, 3.63) is 42.1 Å². The summed E-state index contributed by atoms with van der Waals surface area (Å²) in [7, 11) is 1.61. The molecule has 0 amide bonds. The summed E-state index contributed by atoms with van der Waals surface area (Å²) in [6, 6.07) is 11.4. The lowest BCUT2D eigenvalue weighted by Gasteiger charge is -2.08. The Labute approximate surface area is 105 Å². The number of nitrogens with two attached hydrogens (primary N) is 1. The van der Waals surface area contributed by atoms with Gasteiger partial charge in [0, 0.05) is 18.9 Å². The summed E-state index contributed by atoms with van der Waals surface area (Å²) in [6.45, 7) is 0.403. The Hall–Kier alpha value is -2.18. The lowest BCUT2D eigenvalue weighted by molar-refractivity contribution is 0.181. The van der Waals surface area contributed by atoms with Gasteiger partial charge in [-0.05, 0) is 12.1 Å². The van der Waals surface area contributed by atoms with Gasteiger partial charge < -0.3 is 15.5 Å². The van der Waals surface area contributed by atoms with Crippen molar-refractivity contribution in [3.63, 3.8) is 0 Å². The molecule has 1 aromatic carbocycles. The van der Waals surface area contributed by atoms with Gasteiger partial charge in [-0.25, -0.2) is 10.8 Å². The van der Waals surface area contributed by atoms with E-state index in [1.165, 1.54) is 0 Å². The molecule has 2 aromatic rings. The Balaban J connectivity index is 2.24. The molecule has 0 aliphatic rings. The normalized spacial score (nSPS) is 10.1. The van der Waals surface area contributed by atoms with Gasteiger partial charge in [0.2, 0.25) is 5.95 Å². The van der Waals surface area contributed by atoms with Crippen molar-refractivity contribution in [2.45, 2.75) is 6.61 Å². The first kappa shape index (κ1) is 12.3. The van der Waals surface area contributed by atoms with Crippen molar-refractivity contribution in [2.75, 3.05) is 17.9 Å². The second kappa shape index (κ2) is 5.95. The zero-order chi connectivity index (χ0) is 12.8. The maximum atomic E-state index is 5.37. The number of para-hydroxylation sites is 1. The standard InChI is InChI=1S/C12H15N5O/c1-18-8-10-7-11(17-13)16-12(15-10)14-9-5-3-2-4-6-9/h2-7H,8,13H2,1H3,(H2,14,15,16,17). The molecular weight excluding hydrogens is 230 g/mol. The van der Waals surface area contributed by atoms with Crippen LogP contribution in [0, 0.1) is 0 Å². The highest BCUT2D eigenvalue weighted by molar-refractivity contribution is 5.54. The minimum atomic E-state index is 0.403. The van der Waals surface area contributed by atoms with Crippen molar-refractivity contribution in [2.24, 2.45) is 5.84 Å². The third-order valence-electron chi connectivity index (χ3n) is 2.25. The van der Waals surface area contributed by atoms with Crippen LogP contribution in [0.25, 0.3) is 0 Å². The lowest BCUT2D eigenvalue weighted by atomic mass is 10.3. The average Bonchev–Trinajstić information content (AvgIpc) is 2.40. The fraction of sp³-hybridized carbons (Fsp3) is 0.167. The Morgan fingerprint density at radius 2 is 2.00 bits per heavy atom. The molecule has 0 aliphatic carbocycles. The molecule has 0 aliphatic heterocycles. The van der Waals surface area contributed by atoms with Gasteiger partial charge >= 0.3 is 0 Å². The first-order valence-corrected chi connectivity index (χ1v) is 5.47. The Bertz CT molecular complexity index is 503. The second-order valence-electron chi connectivity index (χ2n) is 3.64. The summed E-state index contributed by atoms with van der Waals surface area (Å²) in [5.74, 6) is 6.38. The topological polar surface area (TPSA) is 85.1 Å². The quantitative estimate of drug-likeness (QED) is 0.548. The highest BCUT2D eigenvalue weighted by Crippen LogP contribution is 2.15. The minimum absolute atomic E-state index is 0.403. The molecule has 0 bridgehead atoms. The number of anilines is 3. The summed E-state index contributed by atoms with van der Waals surface area (Å²) in [5, 5.41) is 3.10. The first-order chi connectivity index (χ1) is 8.81. The highest BCUT2D eigenvalue weighted by Gasteiger charge is 2.04. The number of rotatable bonds is 5. The van der Waals surface area contributed by atoms with Crippen LogP contribution in [0.4, 0.5) is 17.5 Å². The summed E-state index contributed by atoms with van der Waals surface area (Å²) >= 11 is 0. The molecular formula is C12H15N5O. The Morgan fingerprint density at radius 1 is 1.22 bits per heavy atom. The number of ether oxygens (including phenoxy) is 1. The van der Waals surface area contributed by atoms with Crippen molar-refractivity contribution in [1.29, 1.82) is 0 Å².